The van der Waals surface area contributed by atoms with E-state index in [0.717, 1.165) is 18.7 Å². The van der Waals surface area contributed by atoms with E-state index >= 15 is 0 Å². The molecule has 3 heteroatoms. The number of anilines is 1. The molecule has 0 aromatic carbocycles. The minimum absolute atomic E-state index is 0.161. The van der Waals surface area contributed by atoms with Gasteiger partial charge < -0.3 is 0 Å². The van der Waals surface area contributed by atoms with E-state index in [4.69, 9.17) is 0 Å². The lowest BCUT2D eigenvalue weighted by atomic mass is 9.94. The number of carbonyl (C=O) groups is 1. The maximum absolute atomic E-state index is 12.3. The van der Waals surface area contributed by atoms with Crippen LogP contribution >= 0.6 is 0 Å². The summed E-state index contributed by atoms with van der Waals surface area (Å²) >= 11 is 0. The minimum Gasteiger partial charge on any atom is -0.293 e. The van der Waals surface area contributed by atoms with E-state index in [-0.39, 0.29) is 11.3 Å². The summed E-state index contributed by atoms with van der Waals surface area (Å²) in [7, 11) is 0. The fraction of sp³-hybridized carbons (Fsp3) is 0.538. The molecule has 0 aliphatic heterocycles. The monoisotopic (exact) mass is 218 g/mol. The van der Waals surface area contributed by atoms with Crippen LogP contribution in [0.5, 0.6) is 0 Å². The predicted molar refractivity (Wildman–Crippen MR) is 64.2 cm³/mol. The van der Waals surface area contributed by atoms with Gasteiger partial charge in [0.25, 0.3) is 0 Å². The molecular weight excluding hydrogens is 200 g/mol. The zero-order valence-electron chi connectivity index (χ0n) is 10.1. The molecule has 0 radical (unpaired) electrons. The molecule has 1 aromatic rings. The van der Waals surface area contributed by atoms with Gasteiger partial charge in [-0.3, -0.25) is 9.69 Å². The highest BCUT2D eigenvalue weighted by atomic mass is 16.2. The van der Waals surface area contributed by atoms with Crippen LogP contribution in [-0.2, 0) is 4.79 Å². The number of carbonyl (C=O) groups excluding carboxylic acids is 1. The smallest absolute Gasteiger partial charge is 0.233 e. The van der Waals surface area contributed by atoms with E-state index in [1.165, 1.54) is 0 Å². The third-order valence-electron chi connectivity index (χ3n) is 2.67. The van der Waals surface area contributed by atoms with Crippen LogP contribution in [0.4, 0.5) is 5.82 Å². The number of hydrogen-bond acceptors (Lipinski definition) is 2. The third kappa shape index (κ3) is 2.23. The number of rotatable bonds is 2. The van der Waals surface area contributed by atoms with Crippen LogP contribution in [0, 0.1) is 5.41 Å². The van der Waals surface area contributed by atoms with E-state index in [9.17, 15) is 4.79 Å². The topological polar surface area (TPSA) is 33.2 Å². The molecule has 1 amide bonds. The molecule has 0 N–H and O–H groups in total. The van der Waals surface area contributed by atoms with Gasteiger partial charge in [0, 0.05) is 17.7 Å². The first-order valence-corrected chi connectivity index (χ1v) is 5.75. The van der Waals surface area contributed by atoms with E-state index < -0.39 is 0 Å². The third-order valence-corrected chi connectivity index (χ3v) is 2.67. The van der Waals surface area contributed by atoms with Gasteiger partial charge in [-0.2, -0.15) is 0 Å². The summed E-state index contributed by atoms with van der Waals surface area (Å²) in [6.07, 6.45) is 3.93. The fourth-order valence-corrected chi connectivity index (χ4v) is 1.65. The van der Waals surface area contributed by atoms with Gasteiger partial charge in [0.05, 0.1) is 0 Å². The quantitative estimate of drug-likeness (QED) is 0.764. The molecule has 0 spiro atoms. The van der Waals surface area contributed by atoms with Crippen molar-refractivity contribution in [1.29, 1.82) is 0 Å². The summed E-state index contributed by atoms with van der Waals surface area (Å²) in [6, 6.07) is 6.06. The number of amides is 1. The predicted octanol–water partition coefficient (Wildman–Crippen LogP) is 2.62. The van der Waals surface area contributed by atoms with Gasteiger partial charge in [-0.25, -0.2) is 4.98 Å². The lowest BCUT2D eigenvalue weighted by molar-refractivity contribution is -0.125. The van der Waals surface area contributed by atoms with Crippen LogP contribution in [0.15, 0.2) is 24.4 Å². The zero-order chi connectivity index (χ0) is 11.8. The first-order chi connectivity index (χ1) is 7.50. The molecule has 0 unspecified atom stereocenters. The Labute approximate surface area is 96.5 Å². The van der Waals surface area contributed by atoms with Gasteiger partial charge in [-0.05, 0) is 25.0 Å². The average molecular weight is 218 g/mol. The number of pyridine rings is 1. The number of hydrogen-bond donors (Lipinski definition) is 0. The molecule has 1 saturated carbocycles. The van der Waals surface area contributed by atoms with Crippen molar-refractivity contribution in [3.05, 3.63) is 24.4 Å². The van der Waals surface area contributed by atoms with Crippen molar-refractivity contribution in [2.45, 2.75) is 39.7 Å². The van der Waals surface area contributed by atoms with Crippen LogP contribution in [0.2, 0.25) is 0 Å². The standard InChI is InChI=1S/C13H18N2O/c1-13(2,3)12(16)15(10-7-8-10)11-6-4-5-9-14-11/h4-6,9-10H,7-8H2,1-3H3. The van der Waals surface area contributed by atoms with Crippen LogP contribution in [0.25, 0.3) is 0 Å². The highest BCUT2D eigenvalue weighted by Gasteiger charge is 2.38. The SMILES string of the molecule is CC(C)(C)C(=O)N(c1ccccn1)C1CC1. The maximum Gasteiger partial charge on any atom is 0.233 e. The molecular formula is C13H18N2O. The summed E-state index contributed by atoms with van der Waals surface area (Å²) in [6.45, 7) is 5.86. The second kappa shape index (κ2) is 3.89. The molecule has 86 valence electrons. The van der Waals surface area contributed by atoms with Crippen molar-refractivity contribution in [3.8, 4) is 0 Å². The van der Waals surface area contributed by atoms with Gasteiger partial charge in [-0.15, -0.1) is 0 Å². The molecule has 0 bridgehead atoms. The summed E-state index contributed by atoms with van der Waals surface area (Å²) < 4.78 is 0. The van der Waals surface area contributed by atoms with Gasteiger partial charge in [0.15, 0.2) is 0 Å². The van der Waals surface area contributed by atoms with E-state index in [0.29, 0.717) is 6.04 Å². The molecule has 2 rings (SSSR count). The van der Waals surface area contributed by atoms with Crippen LogP contribution in [0.3, 0.4) is 0 Å². The van der Waals surface area contributed by atoms with Gasteiger partial charge in [-0.1, -0.05) is 26.8 Å². The van der Waals surface area contributed by atoms with Crippen molar-refractivity contribution in [2.24, 2.45) is 5.41 Å². The van der Waals surface area contributed by atoms with Crippen molar-refractivity contribution in [2.75, 3.05) is 4.90 Å². The molecule has 16 heavy (non-hydrogen) atoms. The summed E-state index contributed by atoms with van der Waals surface area (Å²) in [5, 5.41) is 0. The summed E-state index contributed by atoms with van der Waals surface area (Å²) in [5.74, 6) is 0.943. The Kier molecular flexibility index (Phi) is 2.70. The van der Waals surface area contributed by atoms with Gasteiger partial charge in [0.2, 0.25) is 5.91 Å². The lowest BCUT2D eigenvalue weighted by Crippen LogP contribution is -2.41. The van der Waals surface area contributed by atoms with Gasteiger partial charge >= 0.3 is 0 Å². The first kappa shape index (κ1) is 11.1. The minimum atomic E-state index is -0.347. The second-order valence-corrected chi connectivity index (χ2v) is 5.34. The Morgan fingerprint density at radius 1 is 1.38 bits per heavy atom. The second-order valence-electron chi connectivity index (χ2n) is 5.34. The molecule has 1 fully saturated rings. The molecule has 0 saturated heterocycles. The Bertz CT molecular complexity index is 377. The van der Waals surface area contributed by atoms with Crippen molar-refractivity contribution >= 4 is 11.7 Å². The molecule has 1 aliphatic carbocycles. The molecule has 1 aliphatic rings. The van der Waals surface area contributed by atoms with E-state index in [1.54, 1.807) is 6.20 Å². The van der Waals surface area contributed by atoms with Crippen LogP contribution in [0.1, 0.15) is 33.6 Å². The van der Waals surface area contributed by atoms with Gasteiger partial charge in [0.1, 0.15) is 5.82 Å². The van der Waals surface area contributed by atoms with Crippen LogP contribution < -0.4 is 4.90 Å². The lowest BCUT2D eigenvalue weighted by Gasteiger charge is -2.28. The Morgan fingerprint density at radius 3 is 2.50 bits per heavy atom. The van der Waals surface area contributed by atoms with Crippen molar-refractivity contribution < 1.29 is 4.79 Å². The maximum atomic E-state index is 12.3. The first-order valence-electron chi connectivity index (χ1n) is 5.75. The molecule has 0 atom stereocenters. The molecule has 3 nitrogen and oxygen atoms in total. The molecule has 1 heterocycles. The summed E-state index contributed by atoms with van der Waals surface area (Å²) in [4.78, 5) is 18.5. The van der Waals surface area contributed by atoms with E-state index in [1.807, 2.05) is 43.9 Å². The Morgan fingerprint density at radius 2 is 2.06 bits per heavy atom. The highest BCUT2D eigenvalue weighted by Crippen LogP contribution is 2.34. The average Bonchev–Trinajstić information content (AvgIpc) is 3.02. The molecule has 1 aromatic heterocycles. The fourth-order valence-electron chi connectivity index (χ4n) is 1.65. The highest BCUT2D eigenvalue weighted by molar-refractivity contribution is 5.97. The largest absolute Gasteiger partial charge is 0.293 e. The summed E-state index contributed by atoms with van der Waals surface area (Å²) in [5.41, 5.74) is -0.347. The Balaban J connectivity index is 2.28. The zero-order valence-corrected chi connectivity index (χ0v) is 10.1. The van der Waals surface area contributed by atoms with Crippen LogP contribution in [-0.4, -0.2) is 16.9 Å². The Hall–Kier alpha value is -1.38. The van der Waals surface area contributed by atoms with Crippen molar-refractivity contribution in [1.82, 2.24) is 4.98 Å². The van der Waals surface area contributed by atoms with E-state index in [2.05, 4.69) is 4.98 Å². The number of aromatic nitrogens is 1. The normalized spacial score (nSPS) is 15.9. The number of nitrogens with zero attached hydrogens (tertiary/aromatic N) is 2. The van der Waals surface area contributed by atoms with Crippen molar-refractivity contribution in [3.63, 3.8) is 0 Å².